The predicted octanol–water partition coefficient (Wildman–Crippen LogP) is 12.3. The van der Waals surface area contributed by atoms with Gasteiger partial charge < -0.3 is 9.80 Å². The van der Waals surface area contributed by atoms with Crippen LogP contribution < -0.4 is 9.80 Å². The fourth-order valence-corrected chi connectivity index (χ4v) is 5.12. The Morgan fingerprint density at radius 1 is 0.273 bits per heavy atom. The standard InChI is InChI=1S/C40H36N4/c1-29-5-17-35(18-6-29)43(36-19-7-30(2)8-20-36)39-25-13-33(14-26-39)41-42-34-15-27-40(28-16-34)44(37-21-9-31(3)10-22-37)38-23-11-32(4)12-24-38/h5-28H,1-4H3. The first-order chi connectivity index (χ1) is 21.4. The van der Waals surface area contributed by atoms with Crippen LogP contribution in [0.2, 0.25) is 0 Å². The molecule has 0 aromatic heterocycles. The Kier molecular flexibility index (Phi) is 8.33. The molecule has 0 fully saturated rings. The normalized spacial score (nSPS) is 11.1. The number of hydrogen-bond donors (Lipinski definition) is 0. The van der Waals surface area contributed by atoms with E-state index in [4.69, 9.17) is 0 Å². The molecular weight excluding hydrogens is 536 g/mol. The molecule has 0 atom stereocenters. The fraction of sp³-hybridized carbons (Fsp3) is 0.100. The van der Waals surface area contributed by atoms with Crippen molar-refractivity contribution in [2.24, 2.45) is 10.2 Å². The van der Waals surface area contributed by atoms with Crippen LogP contribution in [0.15, 0.2) is 156 Å². The smallest absolute Gasteiger partial charge is 0.0858 e. The van der Waals surface area contributed by atoms with Gasteiger partial charge in [0.15, 0.2) is 0 Å². The van der Waals surface area contributed by atoms with Gasteiger partial charge in [0, 0.05) is 34.1 Å². The van der Waals surface area contributed by atoms with Crippen LogP contribution in [0.3, 0.4) is 0 Å². The van der Waals surface area contributed by atoms with Crippen LogP contribution in [0.25, 0.3) is 0 Å². The van der Waals surface area contributed by atoms with E-state index in [1.54, 1.807) is 0 Å². The summed E-state index contributed by atoms with van der Waals surface area (Å²) in [5.74, 6) is 0. The average Bonchev–Trinajstić information content (AvgIpc) is 3.05. The van der Waals surface area contributed by atoms with Crippen molar-refractivity contribution in [3.63, 3.8) is 0 Å². The average molecular weight is 573 g/mol. The van der Waals surface area contributed by atoms with E-state index < -0.39 is 0 Å². The van der Waals surface area contributed by atoms with Gasteiger partial charge in [-0.3, -0.25) is 0 Å². The molecule has 0 aliphatic rings. The van der Waals surface area contributed by atoms with E-state index >= 15 is 0 Å². The molecule has 0 aliphatic heterocycles. The summed E-state index contributed by atoms with van der Waals surface area (Å²) in [6.07, 6.45) is 0. The van der Waals surface area contributed by atoms with Crippen LogP contribution in [-0.4, -0.2) is 0 Å². The molecule has 0 aliphatic carbocycles. The van der Waals surface area contributed by atoms with Crippen molar-refractivity contribution < 1.29 is 0 Å². The van der Waals surface area contributed by atoms with Gasteiger partial charge in [0.05, 0.1) is 11.4 Å². The van der Waals surface area contributed by atoms with Crippen molar-refractivity contribution in [3.8, 4) is 0 Å². The van der Waals surface area contributed by atoms with Gasteiger partial charge in [-0.15, -0.1) is 0 Å². The highest BCUT2D eigenvalue weighted by molar-refractivity contribution is 5.78. The van der Waals surface area contributed by atoms with E-state index in [0.29, 0.717) is 0 Å². The second-order valence-electron chi connectivity index (χ2n) is 11.2. The van der Waals surface area contributed by atoms with Gasteiger partial charge >= 0.3 is 0 Å². The Morgan fingerprint density at radius 3 is 0.659 bits per heavy atom. The van der Waals surface area contributed by atoms with Crippen molar-refractivity contribution in [1.29, 1.82) is 0 Å². The maximum Gasteiger partial charge on any atom is 0.0858 e. The Labute approximate surface area is 260 Å². The second kappa shape index (κ2) is 12.8. The molecule has 216 valence electrons. The third-order valence-corrected chi connectivity index (χ3v) is 7.67. The summed E-state index contributed by atoms with van der Waals surface area (Å²) in [6, 6.07) is 50.8. The summed E-state index contributed by atoms with van der Waals surface area (Å²) in [6.45, 7) is 8.43. The van der Waals surface area contributed by atoms with Gasteiger partial charge in [-0.05, 0) is 125 Å². The molecule has 4 nitrogen and oxygen atoms in total. The van der Waals surface area contributed by atoms with Crippen molar-refractivity contribution in [2.75, 3.05) is 9.80 Å². The Morgan fingerprint density at radius 2 is 0.455 bits per heavy atom. The topological polar surface area (TPSA) is 31.2 Å². The molecule has 4 heteroatoms. The van der Waals surface area contributed by atoms with Gasteiger partial charge in [0.1, 0.15) is 0 Å². The maximum absolute atomic E-state index is 4.55. The highest BCUT2D eigenvalue weighted by atomic mass is 15.2. The highest BCUT2D eigenvalue weighted by Gasteiger charge is 2.14. The summed E-state index contributed by atoms with van der Waals surface area (Å²) in [5, 5.41) is 9.10. The molecular formula is C40H36N4. The van der Waals surface area contributed by atoms with Crippen molar-refractivity contribution >= 4 is 45.5 Å². The van der Waals surface area contributed by atoms with E-state index in [1.165, 1.54) is 22.3 Å². The van der Waals surface area contributed by atoms with Crippen LogP contribution in [0.1, 0.15) is 22.3 Å². The lowest BCUT2D eigenvalue weighted by atomic mass is 10.1. The van der Waals surface area contributed by atoms with E-state index in [0.717, 1.165) is 45.5 Å². The molecule has 6 rings (SSSR count). The van der Waals surface area contributed by atoms with Gasteiger partial charge in [-0.25, -0.2) is 0 Å². The quantitative estimate of drug-likeness (QED) is 0.170. The lowest BCUT2D eigenvalue weighted by molar-refractivity contribution is 1.21. The van der Waals surface area contributed by atoms with E-state index in [1.807, 2.05) is 24.3 Å². The molecule has 6 aromatic carbocycles. The zero-order valence-electron chi connectivity index (χ0n) is 25.6. The molecule has 0 saturated heterocycles. The number of rotatable bonds is 8. The van der Waals surface area contributed by atoms with Crippen LogP contribution >= 0.6 is 0 Å². The first-order valence-electron chi connectivity index (χ1n) is 14.9. The van der Waals surface area contributed by atoms with Gasteiger partial charge in [0.25, 0.3) is 0 Å². The summed E-state index contributed by atoms with van der Waals surface area (Å²) in [4.78, 5) is 4.51. The van der Waals surface area contributed by atoms with Crippen LogP contribution in [0, 0.1) is 27.7 Å². The predicted molar refractivity (Wildman–Crippen MR) is 185 cm³/mol. The summed E-state index contributed by atoms with van der Waals surface area (Å²) in [5.41, 5.74) is 13.1. The number of benzene rings is 6. The number of hydrogen-bond acceptors (Lipinski definition) is 4. The van der Waals surface area contributed by atoms with Gasteiger partial charge in [-0.1, -0.05) is 70.8 Å². The molecule has 0 saturated carbocycles. The molecule has 0 spiro atoms. The lowest BCUT2D eigenvalue weighted by Gasteiger charge is -2.26. The minimum Gasteiger partial charge on any atom is -0.311 e. The van der Waals surface area contributed by atoms with Crippen LogP contribution in [0.5, 0.6) is 0 Å². The summed E-state index contributed by atoms with van der Waals surface area (Å²) < 4.78 is 0. The number of nitrogens with zero attached hydrogens (tertiary/aromatic N) is 4. The molecule has 6 aromatic rings. The van der Waals surface area contributed by atoms with E-state index in [-0.39, 0.29) is 0 Å². The molecule has 0 amide bonds. The Balaban J connectivity index is 1.23. The van der Waals surface area contributed by atoms with E-state index in [9.17, 15) is 0 Å². The number of aryl methyl sites for hydroxylation is 4. The third kappa shape index (κ3) is 6.61. The lowest BCUT2D eigenvalue weighted by Crippen LogP contribution is -2.09. The third-order valence-electron chi connectivity index (χ3n) is 7.67. The Bertz CT molecular complexity index is 1610. The fourth-order valence-electron chi connectivity index (χ4n) is 5.12. The zero-order valence-corrected chi connectivity index (χ0v) is 25.6. The van der Waals surface area contributed by atoms with Crippen LogP contribution in [-0.2, 0) is 0 Å². The zero-order chi connectivity index (χ0) is 30.5. The Hall–Kier alpha value is -5.48. The molecule has 0 unspecified atom stereocenters. The van der Waals surface area contributed by atoms with Crippen molar-refractivity contribution in [2.45, 2.75) is 27.7 Å². The monoisotopic (exact) mass is 572 g/mol. The van der Waals surface area contributed by atoms with Crippen molar-refractivity contribution in [3.05, 3.63) is 168 Å². The summed E-state index contributed by atoms with van der Waals surface area (Å²) >= 11 is 0. The van der Waals surface area contributed by atoms with Gasteiger partial charge in [-0.2, -0.15) is 10.2 Å². The first kappa shape index (κ1) is 28.6. The highest BCUT2D eigenvalue weighted by Crippen LogP contribution is 2.37. The van der Waals surface area contributed by atoms with E-state index in [2.05, 4.69) is 169 Å². The largest absolute Gasteiger partial charge is 0.311 e. The molecule has 44 heavy (non-hydrogen) atoms. The molecule has 0 heterocycles. The SMILES string of the molecule is Cc1ccc(N(c2ccc(C)cc2)c2ccc(N=Nc3ccc(N(c4ccc(C)cc4)c4ccc(C)cc4)cc3)cc2)cc1. The number of anilines is 6. The minimum absolute atomic E-state index is 0.798. The molecule has 0 N–H and O–H groups in total. The van der Waals surface area contributed by atoms with Gasteiger partial charge in [0.2, 0.25) is 0 Å². The minimum atomic E-state index is 0.798. The van der Waals surface area contributed by atoms with Crippen LogP contribution in [0.4, 0.5) is 45.5 Å². The second-order valence-corrected chi connectivity index (χ2v) is 11.2. The molecule has 0 radical (unpaired) electrons. The maximum atomic E-state index is 4.55. The molecule has 0 bridgehead atoms. The van der Waals surface area contributed by atoms with Crippen molar-refractivity contribution in [1.82, 2.24) is 0 Å². The first-order valence-corrected chi connectivity index (χ1v) is 14.9. The number of azo groups is 1. The summed E-state index contributed by atoms with van der Waals surface area (Å²) in [7, 11) is 0.